The van der Waals surface area contributed by atoms with Crippen molar-refractivity contribution in [2.24, 2.45) is 0 Å². The second-order valence-electron chi connectivity index (χ2n) is 5.05. The Morgan fingerprint density at radius 3 is 2.24 bits per heavy atom. The highest BCUT2D eigenvalue weighted by molar-refractivity contribution is 8.13. The van der Waals surface area contributed by atoms with E-state index >= 15 is 0 Å². The minimum Gasteiger partial charge on any atom is -0.504 e. The van der Waals surface area contributed by atoms with Crippen LogP contribution in [0.25, 0.3) is 0 Å². The molecule has 0 aliphatic rings. The third-order valence-electron chi connectivity index (χ3n) is 3.25. The van der Waals surface area contributed by atoms with Crippen molar-refractivity contribution in [1.82, 2.24) is 4.72 Å². The summed E-state index contributed by atoms with van der Waals surface area (Å²) in [6, 6.07) is 6.11. The fourth-order valence-electron chi connectivity index (χ4n) is 1.94. The predicted octanol–water partition coefficient (Wildman–Crippen LogP) is 2.07. The van der Waals surface area contributed by atoms with Crippen LogP contribution in [0.2, 0.25) is 5.02 Å². The average Bonchev–Trinajstić information content (AvgIpc) is 2.62. The lowest BCUT2D eigenvalue weighted by Gasteiger charge is -2.06. The van der Waals surface area contributed by atoms with E-state index in [9.17, 15) is 32.1 Å². The Bertz CT molecular complexity index is 1140. The quantitative estimate of drug-likeness (QED) is 0.187. The Kier molecular flexibility index (Phi) is 8.06. The van der Waals surface area contributed by atoms with Gasteiger partial charge in [-0.15, -0.1) is 0 Å². The predicted molar refractivity (Wildman–Crippen MR) is 106 cm³/mol. The van der Waals surface area contributed by atoms with Crippen molar-refractivity contribution in [3.8, 4) is 11.5 Å². The second-order valence-corrected chi connectivity index (χ2v) is 9.88. The minimum atomic E-state index is -4.17. The zero-order valence-electron chi connectivity index (χ0n) is 14.8. The number of phenols is 1. The Balaban J connectivity index is 0.000000296. The van der Waals surface area contributed by atoms with Gasteiger partial charge in [-0.1, -0.05) is 17.7 Å². The summed E-state index contributed by atoms with van der Waals surface area (Å²) >= 11 is 5.55. The molecule has 0 atom stereocenters. The first-order chi connectivity index (χ1) is 13.3. The van der Waals surface area contributed by atoms with Crippen LogP contribution in [-0.4, -0.2) is 41.0 Å². The number of hydrogen-bond acceptors (Lipinski definition) is 9. The van der Waals surface area contributed by atoms with Crippen molar-refractivity contribution in [2.75, 3.05) is 19.9 Å². The fraction of sp³-hybridized carbons (Fsp3) is 0.143. The van der Waals surface area contributed by atoms with Gasteiger partial charge in [0, 0.05) is 21.8 Å². The molecular formula is C14H15Cl2N3O8S2. The van der Waals surface area contributed by atoms with E-state index in [1.54, 1.807) is 0 Å². The van der Waals surface area contributed by atoms with Crippen LogP contribution in [0.3, 0.4) is 0 Å². The standard InChI is InChI=1S/C7H5Cl2NO5S.C7H10N2O3S/c1-15-7-5(10(11)12)2-4(8)3-6(7)16(9,13)14;1-9-13(11,12)6-4-2-3-5(8)7(6)10/h2-3H,1H3;2-4,9-10H,8H2,1H3. The van der Waals surface area contributed by atoms with E-state index in [1.165, 1.54) is 25.2 Å². The fourth-order valence-corrected chi connectivity index (χ4v) is 4.09. The molecule has 0 aliphatic heterocycles. The Labute approximate surface area is 175 Å². The molecule has 0 aliphatic carbocycles. The number of hydrogen-bond donors (Lipinski definition) is 3. The lowest BCUT2D eigenvalue weighted by Crippen LogP contribution is -2.18. The largest absolute Gasteiger partial charge is 0.504 e. The molecule has 29 heavy (non-hydrogen) atoms. The summed E-state index contributed by atoms with van der Waals surface area (Å²) in [6.07, 6.45) is 0. The molecule has 0 saturated heterocycles. The number of nitrogens with two attached hydrogens (primary N) is 1. The van der Waals surface area contributed by atoms with Gasteiger partial charge in [0.2, 0.25) is 15.8 Å². The summed E-state index contributed by atoms with van der Waals surface area (Å²) in [5.41, 5.74) is 4.81. The second kappa shape index (κ2) is 9.45. The number of benzene rings is 2. The lowest BCUT2D eigenvalue weighted by molar-refractivity contribution is -0.386. The van der Waals surface area contributed by atoms with Gasteiger partial charge in [-0.2, -0.15) is 0 Å². The van der Waals surface area contributed by atoms with Crippen LogP contribution in [0.4, 0.5) is 11.4 Å². The van der Waals surface area contributed by atoms with Gasteiger partial charge >= 0.3 is 5.69 Å². The van der Waals surface area contributed by atoms with Gasteiger partial charge in [-0.25, -0.2) is 21.6 Å². The minimum absolute atomic E-state index is 0.0383. The van der Waals surface area contributed by atoms with Crippen LogP contribution in [0.1, 0.15) is 0 Å². The van der Waals surface area contributed by atoms with Crippen molar-refractivity contribution in [1.29, 1.82) is 0 Å². The van der Waals surface area contributed by atoms with Crippen LogP contribution in [0.5, 0.6) is 11.5 Å². The molecule has 4 N–H and O–H groups in total. The number of sulfonamides is 1. The van der Waals surface area contributed by atoms with Crippen molar-refractivity contribution in [3.63, 3.8) is 0 Å². The average molecular weight is 488 g/mol. The third-order valence-corrected chi connectivity index (χ3v) is 6.24. The van der Waals surface area contributed by atoms with E-state index in [2.05, 4.69) is 9.46 Å². The number of methoxy groups -OCH3 is 1. The Hall–Kier alpha value is -2.32. The van der Waals surface area contributed by atoms with Gasteiger partial charge in [0.1, 0.15) is 9.79 Å². The number of aromatic hydroxyl groups is 1. The number of para-hydroxylation sites is 1. The molecule has 2 aromatic rings. The monoisotopic (exact) mass is 487 g/mol. The van der Waals surface area contributed by atoms with E-state index in [0.717, 1.165) is 19.2 Å². The number of ether oxygens (including phenoxy) is 1. The zero-order valence-corrected chi connectivity index (χ0v) is 17.9. The normalized spacial score (nSPS) is 11.3. The molecule has 0 spiro atoms. The summed E-state index contributed by atoms with van der Waals surface area (Å²) < 4.78 is 51.5. The van der Waals surface area contributed by atoms with E-state index < -0.39 is 46.1 Å². The van der Waals surface area contributed by atoms with Crippen molar-refractivity contribution in [3.05, 3.63) is 45.5 Å². The number of phenolic OH excluding ortho intramolecular Hbond substituents is 1. The summed E-state index contributed by atoms with van der Waals surface area (Å²) in [7, 11) is -0.334. The van der Waals surface area contributed by atoms with Crippen LogP contribution >= 0.6 is 22.3 Å². The van der Waals surface area contributed by atoms with E-state index in [-0.39, 0.29) is 15.6 Å². The molecule has 0 bridgehead atoms. The SMILES string of the molecule is CNS(=O)(=O)c1cccc(N)c1O.COc1c([N+](=O)[O-])cc(Cl)cc1S(=O)(=O)Cl. The molecule has 0 aromatic heterocycles. The molecule has 15 heteroatoms. The Morgan fingerprint density at radius 2 is 1.79 bits per heavy atom. The van der Waals surface area contributed by atoms with E-state index in [1.807, 2.05) is 0 Å². The summed E-state index contributed by atoms with van der Waals surface area (Å²) in [6.45, 7) is 0. The van der Waals surface area contributed by atoms with Crippen LogP contribution in [0, 0.1) is 10.1 Å². The number of nitro benzene ring substituents is 1. The number of nitro groups is 1. The number of anilines is 1. The van der Waals surface area contributed by atoms with Crippen LogP contribution < -0.4 is 15.2 Å². The van der Waals surface area contributed by atoms with Gasteiger partial charge in [-0.05, 0) is 25.2 Å². The maximum atomic E-state index is 11.2. The molecule has 0 heterocycles. The molecule has 0 saturated carbocycles. The molecule has 0 radical (unpaired) electrons. The molecule has 0 unspecified atom stereocenters. The zero-order chi connectivity index (χ0) is 22.6. The highest BCUT2D eigenvalue weighted by Gasteiger charge is 2.27. The molecule has 11 nitrogen and oxygen atoms in total. The number of halogens is 2. The summed E-state index contributed by atoms with van der Waals surface area (Å²) in [5, 5.41) is 19.8. The molecule has 2 aromatic carbocycles. The van der Waals surface area contributed by atoms with E-state index in [4.69, 9.17) is 28.0 Å². The highest BCUT2D eigenvalue weighted by atomic mass is 35.7. The Morgan fingerprint density at radius 1 is 1.21 bits per heavy atom. The molecule has 0 fully saturated rings. The number of rotatable bonds is 5. The van der Waals surface area contributed by atoms with E-state index in [0.29, 0.717) is 0 Å². The van der Waals surface area contributed by atoms with Crippen molar-refractivity contribution >= 4 is 52.7 Å². The maximum Gasteiger partial charge on any atom is 0.313 e. The summed E-state index contributed by atoms with van der Waals surface area (Å²) in [5.74, 6) is -0.860. The maximum absolute atomic E-state index is 11.2. The van der Waals surface area contributed by atoms with Gasteiger partial charge < -0.3 is 15.6 Å². The third kappa shape index (κ3) is 6.08. The topological polar surface area (TPSA) is 179 Å². The van der Waals surface area contributed by atoms with Crippen molar-refractivity contribution in [2.45, 2.75) is 9.79 Å². The first-order valence-electron chi connectivity index (χ1n) is 7.23. The van der Waals surface area contributed by atoms with Gasteiger partial charge in [0.15, 0.2) is 5.75 Å². The number of nitrogen functional groups attached to an aromatic ring is 1. The van der Waals surface area contributed by atoms with Crippen molar-refractivity contribution < 1.29 is 31.6 Å². The highest BCUT2D eigenvalue weighted by Crippen LogP contribution is 2.38. The summed E-state index contributed by atoms with van der Waals surface area (Å²) in [4.78, 5) is 9.09. The molecule has 160 valence electrons. The van der Waals surface area contributed by atoms with Gasteiger partial charge in [0.05, 0.1) is 17.7 Å². The van der Waals surface area contributed by atoms with Gasteiger partial charge in [0.25, 0.3) is 9.05 Å². The first-order valence-corrected chi connectivity index (χ1v) is 11.4. The van der Waals surface area contributed by atoms with Crippen LogP contribution in [0.15, 0.2) is 40.1 Å². The molecule has 2 rings (SSSR count). The van der Waals surface area contributed by atoms with Gasteiger partial charge in [-0.3, -0.25) is 10.1 Å². The lowest BCUT2D eigenvalue weighted by atomic mass is 10.3. The number of nitrogens with zero attached hydrogens (tertiary/aromatic N) is 1. The molecule has 0 amide bonds. The van der Waals surface area contributed by atoms with Crippen LogP contribution in [-0.2, 0) is 19.1 Å². The smallest absolute Gasteiger partial charge is 0.313 e. The first kappa shape index (κ1) is 24.7. The molecular weight excluding hydrogens is 473 g/mol. The number of nitrogens with one attached hydrogen (secondary N) is 1.